The van der Waals surface area contributed by atoms with E-state index in [9.17, 15) is 14.7 Å². The number of aryl methyl sites for hydroxylation is 1. The molecule has 1 amide bonds. The number of carboxylic acid groups (broad SMARTS) is 1. The van der Waals surface area contributed by atoms with Crippen LogP contribution in [-0.4, -0.2) is 33.9 Å². The summed E-state index contributed by atoms with van der Waals surface area (Å²) in [6.07, 6.45) is 2.24. The number of hydrogen-bond donors (Lipinski definition) is 1. The Morgan fingerprint density at radius 2 is 1.82 bits per heavy atom. The molecule has 0 saturated heterocycles. The SMILES string of the molecule is CCOC(=O)N(c1ccccc1Cl)c1c(C)noc1-c1cccc(-c2cncc(C(=O)O)c2)c1. The molecule has 9 heteroatoms. The molecule has 4 aromatic rings. The molecule has 34 heavy (non-hydrogen) atoms. The molecule has 2 heterocycles. The summed E-state index contributed by atoms with van der Waals surface area (Å²) in [6.45, 7) is 3.60. The molecule has 2 aromatic heterocycles. The molecule has 0 unspecified atom stereocenters. The summed E-state index contributed by atoms with van der Waals surface area (Å²) in [6, 6.07) is 15.7. The number of aromatic nitrogens is 2. The third kappa shape index (κ3) is 4.49. The van der Waals surface area contributed by atoms with Gasteiger partial charge in [-0.15, -0.1) is 0 Å². The van der Waals surface area contributed by atoms with E-state index in [0.717, 1.165) is 0 Å². The lowest BCUT2D eigenvalue weighted by Gasteiger charge is -2.23. The summed E-state index contributed by atoms with van der Waals surface area (Å²) in [5.41, 5.74) is 3.30. The maximum atomic E-state index is 13.0. The van der Waals surface area contributed by atoms with E-state index in [-0.39, 0.29) is 12.2 Å². The van der Waals surface area contributed by atoms with Crippen molar-refractivity contribution in [2.24, 2.45) is 0 Å². The van der Waals surface area contributed by atoms with Crippen LogP contribution in [0.25, 0.3) is 22.5 Å². The molecule has 172 valence electrons. The highest BCUT2D eigenvalue weighted by molar-refractivity contribution is 6.34. The molecule has 0 aliphatic carbocycles. The number of rotatable bonds is 6. The topological polar surface area (TPSA) is 106 Å². The average molecular weight is 478 g/mol. The van der Waals surface area contributed by atoms with E-state index in [0.29, 0.717) is 44.5 Å². The number of pyridine rings is 1. The lowest BCUT2D eigenvalue weighted by Crippen LogP contribution is -2.27. The van der Waals surface area contributed by atoms with Gasteiger partial charge >= 0.3 is 12.1 Å². The summed E-state index contributed by atoms with van der Waals surface area (Å²) < 4.78 is 11.0. The van der Waals surface area contributed by atoms with E-state index >= 15 is 0 Å². The molecule has 8 nitrogen and oxygen atoms in total. The van der Waals surface area contributed by atoms with Crippen LogP contribution in [0.1, 0.15) is 23.0 Å². The highest BCUT2D eigenvalue weighted by atomic mass is 35.5. The van der Waals surface area contributed by atoms with E-state index in [1.807, 2.05) is 12.1 Å². The van der Waals surface area contributed by atoms with Crippen molar-refractivity contribution in [3.05, 3.63) is 83.3 Å². The van der Waals surface area contributed by atoms with E-state index in [1.165, 1.54) is 17.2 Å². The predicted octanol–water partition coefficient (Wildman–Crippen LogP) is 6.36. The molecule has 0 spiro atoms. The van der Waals surface area contributed by atoms with E-state index < -0.39 is 12.1 Å². The Balaban J connectivity index is 1.85. The number of halogens is 1. The predicted molar refractivity (Wildman–Crippen MR) is 127 cm³/mol. The zero-order valence-electron chi connectivity index (χ0n) is 18.4. The molecule has 0 saturated carbocycles. The Hall–Kier alpha value is -4.17. The lowest BCUT2D eigenvalue weighted by atomic mass is 10.0. The number of carbonyl (C=O) groups is 2. The average Bonchev–Trinajstić information content (AvgIpc) is 3.22. The minimum Gasteiger partial charge on any atom is -0.478 e. The fourth-order valence-electron chi connectivity index (χ4n) is 3.50. The first-order valence-corrected chi connectivity index (χ1v) is 10.7. The van der Waals surface area contributed by atoms with Crippen molar-refractivity contribution in [2.75, 3.05) is 11.5 Å². The number of anilines is 2. The largest absolute Gasteiger partial charge is 0.478 e. The summed E-state index contributed by atoms with van der Waals surface area (Å²) >= 11 is 6.42. The molecule has 4 rings (SSSR count). The number of amides is 1. The second-order valence-corrected chi connectivity index (χ2v) is 7.69. The van der Waals surface area contributed by atoms with E-state index in [1.54, 1.807) is 56.4 Å². The van der Waals surface area contributed by atoms with Crippen LogP contribution in [-0.2, 0) is 4.74 Å². The van der Waals surface area contributed by atoms with Gasteiger partial charge in [-0.05, 0) is 43.7 Å². The van der Waals surface area contributed by atoms with Crippen LogP contribution in [0.15, 0.2) is 71.5 Å². The van der Waals surface area contributed by atoms with Crippen molar-refractivity contribution in [2.45, 2.75) is 13.8 Å². The Kier molecular flexibility index (Phi) is 6.60. The zero-order chi connectivity index (χ0) is 24.2. The minimum absolute atomic E-state index is 0.0753. The van der Waals surface area contributed by atoms with Gasteiger partial charge in [0.15, 0.2) is 5.76 Å². The zero-order valence-corrected chi connectivity index (χ0v) is 19.1. The Bertz CT molecular complexity index is 1370. The summed E-state index contributed by atoms with van der Waals surface area (Å²) in [5, 5.41) is 13.7. The number of benzene rings is 2. The maximum absolute atomic E-state index is 13.0. The normalized spacial score (nSPS) is 10.7. The number of aromatic carboxylic acids is 1. The van der Waals surface area contributed by atoms with Crippen LogP contribution in [0, 0.1) is 6.92 Å². The van der Waals surface area contributed by atoms with Crippen molar-refractivity contribution in [1.29, 1.82) is 0 Å². The molecular weight excluding hydrogens is 458 g/mol. The number of hydrogen-bond acceptors (Lipinski definition) is 6. The molecule has 2 aromatic carbocycles. The van der Waals surface area contributed by atoms with Gasteiger partial charge in [0.05, 0.1) is 22.9 Å². The van der Waals surface area contributed by atoms with Crippen LogP contribution >= 0.6 is 11.6 Å². The summed E-state index contributed by atoms with van der Waals surface area (Å²) in [4.78, 5) is 29.7. The number of nitrogens with zero attached hydrogens (tertiary/aromatic N) is 3. The first-order chi connectivity index (χ1) is 16.4. The molecule has 1 N–H and O–H groups in total. The standard InChI is InChI=1S/C25H20ClN3O5/c1-3-33-25(32)29(21-10-5-4-9-20(21)26)22-15(2)28-34-23(22)17-8-6-7-16(11-17)18-12-19(24(30)31)14-27-13-18/h4-14H,3H2,1-2H3,(H,30,31). The Morgan fingerprint density at radius 3 is 2.56 bits per heavy atom. The quantitative estimate of drug-likeness (QED) is 0.344. The van der Waals surface area contributed by atoms with Gasteiger partial charge in [-0.3, -0.25) is 4.98 Å². The van der Waals surface area contributed by atoms with Crippen LogP contribution in [0.2, 0.25) is 5.02 Å². The van der Waals surface area contributed by atoms with Crippen LogP contribution < -0.4 is 4.90 Å². The Morgan fingerprint density at radius 1 is 1.06 bits per heavy atom. The number of ether oxygens (including phenoxy) is 1. The molecule has 0 bridgehead atoms. The fraction of sp³-hybridized carbons (Fsp3) is 0.120. The number of carboxylic acids is 1. The van der Waals surface area contributed by atoms with E-state index in [2.05, 4.69) is 10.1 Å². The van der Waals surface area contributed by atoms with Crippen molar-refractivity contribution < 1.29 is 24.0 Å². The summed E-state index contributed by atoms with van der Waals surface area (Å²) in [7, 11) is 0. The molecule has 0 aliphatic rings. The lowest BCUT2D eigenvalue weighted by molar-refractivity contribution is 0.0696. The van der Waals surface area contributed by atoms with Crippen molar-refractivity contribution in [1.82, 2.24) is 10.1 Å². The first-order valence-electron chi connectivity index (χ1n) is 10.4. The highest BCUT2D eigenvalue weighted by Crippen LogP contribution is 2.41. The second kappa shape index (κ2) is 9.76. The molecule has 0 aliphatic heterocycles. The first kappa shape index (κ1) is 23.0. The van der Waals surface area contributed by atoms with Crippen molar-refractivity contribution in [3.8, 4) is 22.5 Å². The molecule has 0 radical (unpaired) electrons. The van der Waals surface area contributed by atoms with Crippen LogP contribution in [0.4, 0.5) is 16.2 Å². The molecular formula is C25H20ClN3O5. The second-order valence-electron chi connectivity index (χ2n) is 7.28. The van der Waals surface area contributed by atoms with Gasteiger partial charge in [0.1, 0.15) is 11.4 Å². The fourth-order valence-corrected chi connectivity index (χ4v) is 3.72. The van der Waals surface area contributed by atoms with Gasteiger partial charge in [0.2, 0.25) is 0 Å². The highest BCUT2D eigenvalue weighted by Gasteiger charge is 2.30. The van der Waals surface area contributed by atoms with Gasteiger partial charge in [-0.2, -0.15) is 0 Å². The monoisotopic (exact) mass is 477 g/mol. The number of para-hydroxylation sites is 1. The van der Waals surface area contributed by atoms with E-state index in [4.69, 9.17) is 20.9 Å². The Labute approximate surface area is 200 Å². The van der Waals surface area contributed by atoms with Gasteiger partial charge in [0.25, 0.3) is 0 Å². The van der Waals surface area contributed by atoms with Crippen LogP contribution in [0.5, 0.6) is 0 Å². The van der Waals surface area contributed by atoms with Gasteiger partial charge in [-0.1, -0.05) is 47.1 Å². The van der Waals surface area contributed by atoms with Crippen molar-refractivity contribution in [3.63, 3.8) is 0 Å². The molecule has 0 fully saturated rings. The maximum Gasteiger partial charge on any atom is 0.419 e. The van der Waals surface area contributed by atoms with Gasteiger partial charge in [0, 0.05) is 23.5 Å². The third-order valence-electron chi connectivity index (χ3n) is 5.04. The smallest absolute Gasteiger partial charge is 0.419 e. The summed E-state index contributed by atoms with van der Waals surface area (Å²) in [5.74, 6) is -0.738. The van der Waals surface area contributed by atoms with Crippen LogP contribution in [0.3, 0.4) is 0 Å². The minimum atomic E-state index is -1.07. The number of carbonyl (C=O) groups excluding carboxylic acids is 1. The molecule has 0 atom stereocenters. The van der Waals surface area contributed by atoms with Crippen molar-refractivity contribution >= 4 is 35.0 Å². The third-order valence-corrected chi connectivity index (χ3v) is 5.36. The van der Waals surface area contributed by atoms with Gasteiger partial charge < -0.3 is 14.4 Å². The van der Waals surface area contributed by atoms with Gasteiger partial charge in [-0.25, -0.2) is 14.5 Å².